The molecular formula is C27H35N3O7S. The third-order valence-electron chi connectivity index (χ3n) is 6.79. The van der Waals surface area contributed by atoms with Gasteiger partial charge in [0.25, 0.3) is 10.1 Å². The van der Waals surface area contributed by atoms with E-state index in [1.807, 2.05) is 31.2 Å². The highest BCUT2D eigenvalue weighted by Crippen LogP contribution is 2.29. The van der Waals surface area contributed by atoms with Gasteiger partial charge in [0.1, 0.15) is 11.8 Å². The minimum atomic E-state index is -4.02. The normalized spacial score (nSPS) is 21.1. The van der Waals surface area contributed by atoms with E-state index < -0.39 is 10.1 Å². The fraction of sp³-hybridized carbons (Fsp3) is 0.481. The molecule has 0 saturated carbocycles. The highest BCUT2D eigenvalue weighted by atomic mass is 32.2. The van der Waals surface area contributed by atoms with Crippen molar-refractivity contribution in [1.82, 2.24) is 10.2 Å². The van der Waals surface area contributed by atoms with Gasteiger partial charge in [-0.2, -0.15) is 13.7 Å². The predicted molar refractivity (Wildman–Crippen MR) is 140 cm³/mol. The third-order valence-corrected chi connectivity index (χ3v) is 7.65. The van der Waals surface area contributed by atoms with Crippen LogP contribution in [0.15, 0.2) is 53.4 Å². The molecule has 2 fully saturated rings. The van der Waals surface area contributed by atoms with Gasteiger partial charge in [-0.3, -0.25) is 9.35 Å². The first kappa shape index (κ1) is 29.5. The zero-order valence-electron chi connectivity index (χ0n) is 21.4. The zero-order valence-corrected chi connectivity index (χ0v) is 22.2. The first-order valence-electron chi connectivity index (χ1n) is 12.6. The maximum Gasteiger partial charge on any atom is 0.294 e. The van der Waals surface area contributed by atoms with Gasteiger partial charge in [-0.1, -0.05) is 29.8 Å². The van der Waals surface area contributed by atoms with Crippen LogP contribution in [0.4, 0.5) is 0 Å². The fourth-order valence-corrected chi connectivity index (χ4v) is 4.95. The van der Waals surface area contributed by atoms with Gasteiger partial charge in [0, 0.05) is 19.0 Å². The molecule has 0 aliphatic carbocycles. The number of carbonyl (C=O) groups excluding carboxylic acids is 1. The minimum Gasteiger partial charge on any atom is -0.493 e. The summed E-state index contributed by atoms with van der Waals surface area (Å²) in [5.41, 5.74) is 2.10. The van der Waals surface area contributed by atoms with Crippen molar-refractivity contribution in [2.75, 3.05) is 32.9 Å². The predicted octanol–water partition coefficient (Wildman–Crippen LogP) is 1.87. The Labute approximate surface area is 223 Å². The Morgan fingerprint density at radius 2 is 1.82 bits per heavy atom. The average Bonchev–Trinajstić information content (AvgIpc) is 3.60. The maximum atomic E-state index is 12.7. The molecule has 0 radical (unpaired) electrons. The molecule has 2 aromatic rings. The fourth-order valence-electron chi connectivity index (χ4n) is 4.47. The summed E-state index contributed by atoms with van der Waals surface area (Å²) in [6.07, 6.45) is 2.40. The molecule has 2 aromatic carbocycles. The minimum absolute atomic E-state index is 0.0422. The zero-order chi connectivity index (χ0) is 27.7. The van der Waals surface area contributed by atoms with E-state index in [1.165, 1.54) is 12.1 Å². The van der Waals surface area contributed by atoms with E-state index in [9.17, 15) is 18.5 Å². The number of amides is 1. The number of rotatable bonds is 8. The molecule has 38 heavy (non-hydrogen) atoms. The van der Waals surface area contributed by atoms with Crippen molar-refractivity contribution in [3.05, 3.63) is 59.7 Å². The third kappa shape index (κ3) is 7.99. The molecule has 11 heteroatoms. The lowest BCUT2D eigenvalue weighted by molar-refractivity contribution is -0.133. The molecule has 10 nitrogen and oxygen atoms in total. The second-order valence-corrected chi connectivity index (χ2v) is 11.0. The number of nitrogens with zero attached hydrogens (tertiary/aromatic N) is 2. The number of nitrogens with one attached hydrogen (secondary N) is 1. The smallest absolute Gasteiger partial charge is 0.294 e. The van der Waals surface area contributed by atoms with Crippen LogP contribution in [0.3, 0.4) is 0 Å². The van der Waals surface area contributed by atoms with Crippen LogP contribution in [0.2, 0.25) is 0 Å². The number of aliphatic hydroxyl groups is 2. The Bertz CT molecular complexity index is 1190. The molecule has 0 spiro atoms. The second kappa shape index (κ2) is 13.7. The highest BCUT2D eigenvalue weighted by Gasteiger charge is 2.37. The molecule has 2 heterocycles. The Hall–Kier alpha value is -3.01. The molecule has 4 rings (SSSR count). The Kier molecular flexibility index (Phi) is 10.6. The van der Waals surface area contributed by atoms with E-state index in [0.29, 0.717) is 12.3 Å². The number of likely N-dealkylation sites (tertiary alicyclic amines) is 1. The number of carbonyl (C=O) groups is 1. The molecule has 206 valence electrons. The Morgan fingerprint density at radius 1 is 1.16 bits per heavy atom. The summed E-state index contributed by atoms with van der Waals surface area (Å²) in [4.78, 5) is 14.4. The lowest BCUT2D eigenvalue weighted by Gasteiger charge is -2.23. The van der Waals surface area contributed by atoms with Gasteiger partial charge in [-0.25, -0.2) is 0 Å². The van der Waals surface area contributed by atoms with Crippen LogP contribution in [0, 0.1) is 24.2 Å². The van der Waals surface area contributed by atoms with Crippen LogP contribution in [-0.4, -0.2) is 79.0 Å². The summed E-state index contributed by atoms with van der Waals surface area (Å²) < 4.78 is 35.1. The van der Waals surface area contributed by atoms with Crippen molar-refractivity contribution in [1.29, 1.82) is 5.26 Å². The lowest BCUT2D eigenvalue weighted by atomic mass is 9.96. The van der Waals surface area contributed by atoms with Gasteiger partial charge in [0.2, 0.25) is 5.91 Å². The number of aryl methyl sites for hydroxylation is 1. The molecule has 4 N–H and O–H groups in total. The highest BCUT2D eigenvalue weighted by molar-refractivity contribution is 7.85. The van der Waals surface area contributed by atoms with Crippen LogP contribution < -0.4 is 10.1 Å². The number of ether oxygens (including phenoxy) is 1. The quantitative estimate of drug-likeness (QED) is 0.363. The summed E-state index contributed by atoms with van der Waals surface area (Å²) in [5.74, 6) is 0.704. The monoisotopic (exact) mass is 545 g/mol. The van der Waals surface area contributed by atoms with Gasteiger partial charge in [-0.15, -0.1) is 0 Å². The summed E-state index contributed by atoms with van der Waals surface area (Å²) in [6.45, 7) is 3.30. The van der Waals surface area contributed by atoms with E-state index in [0.717, 1.165) is 36.9 Å². The SMILES string of the molecule is Cc1ccc(S(=O)(=O)O)cc1.N#C[C@@H]1CCCN1C(=O)[C@@H]1C[C@H](c2ccc(OCC(CO)CO)cc2)CN1. The van der Waals surface area contributed by atoms with Crippen LogP contribution in [0.1, 0.15) is 36.3 Å². The molecule has 0 bridgehead atoms. The molecule has 0 aromatic heterocycles. The van der Waals surface area contributed by atoms with Gasteiger partial charge in [0.15, 0.2) is 0 Å². The van der Waals surface area contributed by atoms with Crippen molar-refractivity contribution < 1.29 is 32.7 Å². The van der Waals surface area contributed by atoms with Crippen molar-refractivity contribution in [3.63, 3.8) is 0 Å². The van der Waals surface area contributed by atoms with Crippen molar-refractivity contribution in [2.45, 2.75) is 49.1 Å². The molecule has 0 unspecified atom stereocenters. The van der Waals surface area contributed by atoms with Crippen molar-refractivity contribution >= 4 is 16.0 Å². The molecule has 2 aliphatic heterocycles. The van der Waals surface area contributed by atoms with Crippen molar-refractivity contribution in [3.8, 4) is 11.8 Å². The summed E-state index contributed by atoms with van der Waals surface area (Å²) in [6, 6.07) is 15.5. The van der Waals surface area contributed by atoms with E-state index >= 15 is 0 Å². The topological polar surface area (TPSA) is 160 Å². The standard InChI is InChI=1S/C20H27N3O4.C7H8O3S/c21-9-17-2-1-7-23(17)20(26)19-8-16(10-22-19)15-3-5-18(6-4-15)27-13-14(11-24)12-25;1-6-2-4-7(5-3-6)11(8,9)10/h3-6,14,16-17,19,22,24-25H,1-2,7-8,10-13H2;2-5H,1H3,(H,8,9,10)/t16-,17-,19-;/m0./s1. The first-order chi connectivity index (χ1) is 18.2. The van der Waals surface area contributed by atoms with E-state index in [2.05, 4.69) is 11.4 Å². The van der Waals surface area contributed by atoms with Crippen LogP contribution in [-0.2, 0) is 14.9 Å². The maximum absolute atomic E-state index is 12.7. The van der Waals surface area contributed by atoms with Crippen LogP contribution in [0.25, 0.3) is 0 Å². The number of nitriles is 1. The van der Waals surface area contributed by atoms with Gasteiger partial charge in [0.05, 0.1) is 36.8 Å². The van der Waals surface area contributed by atoms with Gasteiger partial charge < -0.3 is 25.2 Å². The Morgan fingerprint density at radius 3 is 2.39 bits per heavy atom. The van der Waals surface area contributed by atoms with E-state index in [1.54, 1.807) is 17.0 Å². The summed E-state index contributed by atoms with van der Waals surface area (Å²) in [7, 11) is -4.02. The van der Waals surface area contributed by atoms with Crippen LogP contribution >= 0.6 is 0 Å². The molecule has 1 amide bonds. The van der Waals surface area contributed by atoms with E-state index in [4.69, 9.17) is 19.5 Å². The average molecular weight is 546 g/mol. The second-order valence-electron chi connectivity index (χ2n) is 9.61. The van der Waals surface area contributed by atoms with E-state index in [-0.39, 0.29) is 54.5 Å². The largest absolute Gasteiger partial charge is 0.493 e. The molecule has 2 saturated heterocycles. The first-order valence-corrected chi connectivity index (χ1v) is 14.0. The summed E-state index contributed by atoms with van der Waals surface area (Å²) >= 11 is 0. The molecule has 3 atom stereocenters. The molecule has 2 aliphatic rings. The molecular weight excluding hydrogens is 510 g/mol. The van der Waals surface area contributed by atoms with Gasteiger partial charge >= 0.3 is 0 Å². The number of benzene rings is 2. The van der Waals surface area contributed by atoms with Crippen molar-refractivity contribution in [2.24, 2.45) is 5.92 Å². The van der Waals surface area contributed by atoms with Gasteiger partial charge in [-0.05, 0) is 61.9 Å². The number of hydrogen-bond donors (Lipinski definition) is 4. The number of hydrogen-bond acceptors (Lipinski definition) is 8. The lowest BCUT2D eigenvalue weighted by Crippen LogP contribution is -2.45. The van der Waals surface area contributed by atoms with Crippen LogP contribution in [0.5, 0.6) is 5.75 Å². The summed E-state index contributed by atoms with van der Waals surface area (Å²) in [5, 5.41) is 30.7. The Balaban J connectivity index is 0.000000304. The number of aliphatic hydroxyl groups excluding tert-OH is 2.